The zero-order chi connectivity index (χ0) is 20.6. The van der Waals surface area contributed by atoms with Crippen LogP contribution in [0.3, 0.4) is 0 Å². The molecule has 2 fully saturated rings. The molecule has 0 spiro atoms. The van der Waals surface area contributed by atoms with Crippen molar-refractivity contribution in [2.45, 2.75) is 37.4 Å². The maximum Gasteiger partial charge on any atom is 1.00 e. The van der Waals surface area contributed by atoms with Crippen LogP contribution in [-0.4, -0.2) is 57.8 Å². The number of carbonyl (C=O) groups is 5. The summed E-state index contributed by atoms with van der Waals surface area (Å²) in [4.78, 5) is 64.6. The van der Waals surface area contributed by atoms with Crippen LogP contribution in [0, 0.1) is 5.92 Å². The molecule has 0 aromatic rings. The summed E-state index contributed by atoms with van der Waals surface area (Å²) in [6.07, 6.45) is 4.22. The molecule has 13 heteroatoms. The fraction of sp³-hybridized carbons (Fsp3) is 0.438. The minimum Gasteiger partial charge on any atom is -0.747 e. The van der Waals surface area contributed by atoms with Gasteiger partial charge in [-0.25, -0.2) is 13.2 Å². The molecular weight excluding hydrogens is 419 g/mol. The molecule has 2 aliphatic heterocycles. The van der Waals surface area contributed by atoms with E-state index in [1.54, 1.807) is 0 Å². The number of hydrogen-bond acceptors (Lipinski definition) is 9. The number of carbonyl (C=O) groups excluding carboxylic acids is 5. The average Bonchev–Trinajstić information content (AvgIpc) is 3.09. The van der Waals surface area contributed by atoms with Crippen LogP contribution in [0.2, 0.25) is 0 Å². The molecule has 4 amide bonds. The molecule has 1 saturated carbocycles. The predicted octanol–water partition coefficient (Wildman–Crippen LogP) is -3.88. The molecule has 1 saturated heterocycles. The molecule has 2 heterocycles. The van der Waals surface area contributed by atoms with Crippen LogP contribution < -0.4 is 29.6 Å². The molecule has 29 heavy (non-hydrogen) atoms. The Balaban J connectivity index is 0.00000300. The van der Waals surface area contributed by atoms with Crippen LogP contribution in [0.4, 0.5) is 0 Å². The minimum absolute atomic E-state index is 0. The largest absolute Gasteiger partial charge is 1.00 e. The SMILES string of the molecule is O=C(ON1C(=O)CC(S(=O)(=O)[O-])C1=O)C1CCC(=CN2C(=O)C=CC2=O)CC1.[Na+]. The fourth-order valence-corrected chi connectivity index (χ4v) is 3.83. The third-order valence-corrected chi connectivity index (χ3v) is 5.77. The van der Waals surface area contributed by atoms with Crippen molar-refractivity contribution in [3.63, 3.8) is 0 Å². The molecule has 1 atom stereocenters. The standard InChI is InChI=1S/C16H16N2O9S.Na/c19-12-5-6-13(20)17(12)8-9-1-3-10(4-2-9)16(23)27-18-14(21)7-11(15(18)22)28(24,25)26;/h5-6,8,10-11H,1-4,7H2,(H,24,25,26);/q;+1/p-1. The van der Waals surface area contributed by atoms with E-state index in [4.69, 9.17) is 4.84 Å². The van der Waals surface area contributed by atoms with Crippen molar-refractivity contribution in [1.82, 2.24) is 9.96 Å². The van der Waals surface area contributed by atoms with E-state index < -0.39 is 57.3 Å². The Labute approximate surface area is 187 Å². The van der Waals surface area contributed by atoms with Gasteiger partial charge in [0.25, 0.3) is 23.6 Å². The van der Waals surface area contributed by atoms with Crippen LogP contribution in [0.5, 0.6) is 0 Å². The van der Waals surface area contributed by atoms with Crippen LogP contribution >= 0.6 is 0 Å². The maximum atomic E-state index is 12.2. The fourth-order valence-electron chi connectivity index (χ4n) is 3.14. The van der Waals surface area contributed by atoms with Gasteiger partial charge in [-0.3, -0.25) is 24.1 Å². The van der Waals surface area contributed by atoms with Gasteiger partial charge < -0.3 is 9.39 Å². The Bertz CT molecular complexity index is 912. The predicted molar refractivity (Wildman–Crippen MR) is 87.1 cm³/mol. The first-order valence-electron chi connectivity index (χ1n) is 8.36. The van der Waals surface area contributed by atoms with Gasteiger partial charge in [-0.2, -0.15) is 0 Å². The van der Waals surface area contributed by atoms with Crippen molar-refractivity contribution in [3.8, 4) is 0 Å². The molecule has 0 aromatic carbocycles. The third-order valence-electron chi connectivity index (χ3n) is 4.71. The number of nitrogens with zero attached hydrogens (tertiary/aromatic N) is 2. The van der Waals surface area contributed by atoms with E-state index in [1.807, 2.05) is 0 Å². The van der Waals surface area contributed by atoms with Crippen molar-refractivity contribution in [2.24, 2.45) is 5.92 Å². The van der Waals surface area contributed by atoms with E-state index >= 15 is 0 Å². The summed E-state index contributed by atoms with van der Waals surface area (Å²) in [5, 5.41) is -2.04. The van der Waals surface area contributed by atoms with Gasteiger partial charge in [-0.15, -0.1) is 5.06 Å². The summed E-state index contributed by atoms with van der Waals surface area (Å²) in [5.41, 5.74) is 0.778. The van der Waals surface area contributed by atoms with E-state index in [0.717, 1.165) is 22.6 Å². The number of rotatable bonds is 4. The summed E-state index contributed by atoms with van der Waals surface area (Å²) in [7, 11) is -5.03. The van der Waals surface area contributed by atoms with Gasteiger partial charge in [0.05, 0.1) is 12.3 Å². The summed E-state index contributed by atoms with van der Waals surface area (Å²) in [5.74, 6) is -4.90. The Hall–Kier alpha value is -1.86. The van der Waals surface area contributed by atoms with E-state index in [2.05, 4.69) is 0 Å². The van der Waals surface area contributed by atoms with Crippen molar-refractivity contribution >= 4 is 39.7 Å². The molecule has 3 aliphatic rings. The van der Waals surface area contributed by atoms with Crippen LogP contribution in [0.1, 0.15) is 32.1 Å². The van der Waals surface area contributed by atoms with Gasteiger partial charge in [0, 0.05) is 18.4 Å². The van der Waals surface area contributed by atoms with Gasteiger partial charge in [-0.1, -0.05) is 5.57 Å². The van der Waals surface area contributed by atoms with Crippen molar-refractivity contribution in [1.29, 1.82) is 0 Å². The second kappa shape index (κ2) is 8.88. The molecule has 150 valence electrons. The average molecular weight is 434 g/mol. The summed E-state index contributed by atoms with van der Waals surface area (Å²) in [6, 6.07) is 0. The molecule has 0 bridgehead atoms. The minimum atomic E-state index is -5.03. The zero-order valence-electron chi connectivity index (χ0n) is 15.4. The van der Waals surface area contributed by atoms with E-state index in [0.29, 0.717) is 12.8 Å². The maximum absolute atomic E-state index is 12.2. The molecule has 3 rings (SSSR count). The smallest absolute Gasteiger partial charge is 0.747 e. The van der Waals surface area contributed by atoms with Crippen molar-refractivity contribution in [3.05, 3.63) is 23.9 Å². The number of allylic oxidation sites excluding steroid dienone is 1. The molecule has 1 unspecified atom stereocenters. The van der Waals surface area contributed by atoms with Crippen LogP contribution in [0.25, 0.3) is 0 Å². The van der Waals surface area contributed by atoms with E-state index in [1.165, 1.54) is 6.20 Å². The zero-order valence-corrected chi connectivity index (χ0v) is 18.2. The van der Waals surface area contributed by atoms with Crippen molar-refractivity contribution < 1.29 is 71.3 Å². The first-order chi connectivity index (χ1) is 13.1. The quantitative estimate of drug-likeness (QED) is 0.245. The second-order valence-electron chi connectivity index (χ2n) is 6.56. The first kappa shape index (κ1) is 23.4. The molecule has 0 aromatic heterocycles. The number of hydrogen-bond donors (Lipinski definition) is 0. The summed E-state index contributed by atoms with van der Waals surface area (Å²) < 4.78 is 33.0. The summed E-state index contributed by atoms with van der Waals surface area (Å²) in [6.45, 7) is 0. The molecule has 1 aliphatic carbocycles. The first-order valence-corrected chi connectivity index (χ1v) is 9.83. The Morgan fingerprint density at radius 3 is 2.14 bits per heavy atom. The van der Waals surface area contributed by atoms with Gasteiger partial charge in [0.1, 0.15) is 15.4 Å². The van der Waals surface area contributed by atoms with Crippen LogP contribution in [-0.2, 0) is 38.9 Å². The number of amides is 4. The van der Waals surface area contributed by atoms with Gasteiger partial charge in [-0.05, 0) is 25.7 Å². The van der Waals surface area contributed by atoms with Crippen molar-refractivity contribution in [2.75, 3.05) is 0 Å². The van der Waals surface area contributed by atoms with Gasteiger partial charge in [0.15, 0.2) is 0 Å². The van der Waals surface area contributed by atoms with Gasteiger partial charge in [0.2, 0.25) is 0 Å². The Morgan fingerprint density at radius 2 is 1.66 bits per heavy atom. The topological polar surface area (TPSA) is 158 Å². The number of hydroxylamine groups is 2. The molecular formula is C16H15N2NaO9S. The van der Waals surface area contributed by atoms with Crippen LogP contribution in [0.15, 0.2) is 23.9 Å². The molecule has 11 nitrogen and oxygen atoms in total. The Kier molecular flexibility index (Phi) is 7.17. The third kappa shape index (κ3) is 5.01. The van der Waals surface area contributed by atoms with Gasteiger partial charge >= 0.3 is 35.5 Å². The van der Waals surface area contributed by atoms with E-state index in [9.17, 15) is 36.9 Å². The Morgan fingerprint density at radius 1 is 1.10 bits per heavy atom. The second-order valence-corrected chi connectivity index (χ2v) is 8.12. The monoisotopic (exact) mass is 434 g/mol. The normalized spacial score (nSPS) is 24.8. The molecule has 0 radical (unpaired) electrons. The molecule has 0 N–H and O–H groups in total. The van der Waals surface area contributed by atoms with E-state index in [-0.39, 0.29) is 47.5 Å². The number of imide groups is 2. The summed E-state index contributed by atoms with van der Waals surface area (Å²) >= 11 is 0.